The van der Waals surface area contributed by atoms with Crippen LogP contribution in [0.25, 0.3) is 0 Å². The Morgan fingerprint density at radius 2 is 2.13 bits per heavy atom. The van der Waals surface area contributed by atoms with Crippen LogP contribution in [-0.2, 0) is 14.3 Å². The molecular formula is C12H20O3. The summed E-state index contributed by atoms with van der Waals surface area (Å²) in [6, 6.07) is 0. The molecule has 0 saturated carbocycles. The van der Waals surface area contributed by atoms with E-state index in [1.165, 1.54) is 0 Å². The van der Waals surface area contributed by atoms with Gasteiger partial charge in [0.05, 0.1) is 0 Å². The van der Waals surface area contributed by atoms with Crippen molar-refractivity contribution in [2.45, 2.75) is 44.9 Å². The molecule has 0 N–H and O–H groups in total. The molecule has 1 heterocycles. The topological polar surface area (TPSA) is 43.4 Å². The molecule has 3 nitrogen and oxygen atoms in total. The van der Waals surface area contributed by atoms with Crippen molar-refractivity contribution >= 4 is 12.1 Å². The molecule has 1 atom stereocenters. The van der Waals surface area contributed by atoms with Gasteiger partial charge < -0.3 is 9.53 Å². The van der Waals surface area contributed by atoms with Gasteiger partial charge >= 0.3 is 0 Å². The highest BCUT2D eigenvalue weighted by Gasteiger charge is 2.15. The summed E-state index contributed by atoms with van der Waals surface area (Å²) in [5.74, 6) is 0.976. The van der Waals surface area contributed by atoms with Crippen LogP contribution >= 0.6 is 0 Å². The van der Waals surface area contributed by atoms with Crippen molar-refractivity contribution < 1.29 is 14.3 Å². The van der Waals surface area contributed by atoms with Crippen LogP contribution in [0.4, 0.5) is 0 Å². The molecule has 0 spiro atoms. The zero-order valence-corrected chi connectivity index (χ0v) is 9.24. The summed E-state index contributed by atoms with van der Waals surface area (Å²) in [7, 11) is 0. The van der Waals surface area contributed by atoms with Gasteiger partial charge in [0, 0.05) is 32.5 Å². The maximum absolute atomic E-state index is 11.3. The Kier molecular flexibility index (Phi) is 6.25. The van der Waals surface area contributed by atoms with E-state index >= 15 is 0 Å². The quantitative estimate of drug-likeness (QED) is 0.457. The van der Waals surface area contributed by atoms with Gasteiger partial charge in [0.2, 0.25) is 0 Å². The molecule has 0 aromatic heterocycles. The lowest BCUT2D eigenvalue weighted by molar-refractivity contribution is -0.119. The number of carbonyl (C=O) groups excluding carboxylic acids is 2. The monoisotopic (exact) mass is 212 g/mol. The first-order valence-electron chi connectivity index (χ1n) is 5.86. The minimum atomic E-state index is 0.302. The van der Waals surface area contributed by atoms with Crippen LogP contribution in [0.15, 0.2) is 0 Å². The molecule has 86 valence electrons. The van der Waals surface area contributed by atoms with Gasteiger partial charge in [-0.25, -0.2) is 0 Å². The summed E-state index contributed by atoms with van der Waals surface area (Å²) in [4.78, 5) is 21.4. The van der Waals surface area contributed by atoms with E-state index in [0.29, 0.717) is 31.0 Å². The summed E-state index contributed by atoms with van der Waals surface area (Å²) in [6.45, 7) is 1.76. The summed E-state index contributed by atoms with van der Waals surface area (Å²) in [5.41, 5.74) is 0. The van der Waals surface area contributed by atoms with Crippen LogP contribution in [0.3, 0.4) is 0 Å². The number of Topliss-reactive ketones (excluding diaryl/α,β-unsaturated/α-hetero) is 1. The van der Waals surface area contributed by atoms with Gasteiger partial charge in [-0.2, -0.15) is 0 Å². The smallest absolute Gasteiger partial charge is 0.132 e. The highest BCUT2D eigenvalue weighted by molar-refractivity contribution is 5.78. The standard InChI is InChI=1S/C12H20O3/c13-8-2-1-5-12(14)6-3-4-11-7-9-15-10-11/h8,11H,1-7,9-10H2. The van der Waals surface area contributed by atoms with E-state index in [-0.39, 0.29) is 0 Å². The van der Waals surface area contributed by atoms with Crippen molar-refractivity contribution in [1.82, 2.24) is 0 Å². The van der Waals surface area contributed by atoms with E-state index in [0.717, 1.165) is 45.2 Å². The largest absolute Gasteiger partial charge is 0.381 e. The molecular weight excluding hydrogens is 192 g/mol. The molecule has 0 bridgehead atoms. The maximum atomic E-state index is 11.3. The van der Waals surface area contributed by atoms with Crippen LogP contribution in [0.5, 0.6) is 0 Å². The third-order valence-corrected chi connectivity index (χ3v) is 2.87. The highest BCUT2D eigenvalue weighted by atomic mass is 16.5. The molecule has 1 unspecified atom stereocenters. The molecule has 0 amide bonds. The second-order valence-corrected chi connectivity index (χ2v) is 4.22. The number of unbranched alkanes of at least 4 members (excludes halogenated alkanes) is 1. The van der Waals surface area contributed by atoms with Gasteiger partial charge in [0.1, 0.15) is 12.1 Å². The van der Waals surface area contributed by atoms with Crippen molar-refractivity contribution in [2.24, 2.45) is 5.92 Å². The molecule has 15 heavy (non-hydrogen) atoms. The normalized spacial score (nSPS) is 20.4. The van der Waals surface area contributed by atoms with Gasteiger partial charge in [-0.1, -0.05) is 0 Å². The number of carbonyl (C=O) groups is 2. The fourth-order valence-corrected chi connectivity index (χ4v) is 1.91. The van der Waals surface area contributed by atoms with Crippen molar-refractivity contribution in [2.75, 3.05) is 13.2 Å². The van der Waals surface area contributed by atoms with Crippen LogP contribution in [0.2, 0.25) is 0 Å². The Balaban J connectivity index is 1.93. The number of hydrogen-bond donors (Lipinski definition) is 0. The average molecular weight is 212 g/mol. The predicted molar refractivity (Wildman–Crippen MR) is 57.7 cm³/mol. The van der Waals surface area contributed by atoms with E-state index < -0.39 is 0 Å². The molecule has 1 rings (SSSR count). The van der Waals surface area contributed by atoms with E-state index in [1.807, 2.05) is 0 Å². The summed E-state index contributed by atoms with van der Waals surface area (Å²) in [6.07, 6.45) is 6.60. The van der Waals surface area contributed by atoms with Crippen LogP contribution in [0.1, 0.15) is 44.9 Å². The van der Waals surface area contributed by atoms with E-state index in [9.17, 15) is 9.59 Å². The zero-order chi connectivity index (χ0) is 10.9. The number of ether oxygens (including phenoxy) is 1. The second kappa shape index (κ2) is 7.57. The van der Waals surface area contributed by atoms with Gasteiger partial charge in [-0.15, -0.1) is 0 Å². The molecule has 3 heteroatoms. The lowest BCUT2D eigenvalue weighted by Gasteiger charge is -2.05. The molecule has 0 aromatic carbocycles. The minimum Gasteiger partial charge on any atom is -0.381 e. The van der Waals surface area contributed by atoms with E-state index in [1.54, 1.807) is 0 Å². The van der Waals surface area contributed by atoms with Crippen molar-refractivity contribution in [3.63, 3.8) is 0 Å². The van der Waals surface area contributed by atoms with Crippen molar-refractivity contribution in [3.05, 3.63) is 0 Å². The molecule has 0 aromatic rings. The Hall–Kier alpha value is -0.700. The number of ketones is 1. The summed E-state index contributed by atoms with van der Waals surface area (Å²) < 4.78 is 5.27. The van der Waals surface area contributed by atoms with Gasteiger partial charge in [-0.05, 0) is 31.6 Å². The van der Waals surface area contributed by atoms with Crippen LogP contribution in [-0.4, -0.2) is 25.3 Å². The van der Waals surface area contributed by atoms with E-state index in [4.69, 9.17) is 4.74 Å². The first kappa shape index (κ1) is 12.4. The number of aldehydes is 1. The Labute approximate surface area is 91.2 Å². The third-order valence-electron chi connectivity index (χ3n) is 2.87. The Bertz CT molecular complexity index is 195. The zero-order valence-electron chi connectivity index (χ0n) is 9.24. The fourth-order valence-electron chi connectivity index (χ4n) is 1.91. The first-order chi connectivity index (χ1) is 7.33. The third kappa shape index (κ3) is 5.67. The molecule has 0 aliphatic carbocycles. The molecule has 1 aliphatic rings. The van der Waals surface area contributed by atoms with Gasteiger partial charge in [0.15, 0.2) is 0 Å². The molecule has 1 saturated heterocycles. The predicted octanol–water partition coefficient (Wildman–Crippen LogP) is 2.13. The molecule has 1 aliphatic heterocycles. The number of rotatable bonds is 8. The fraction of sp³-hybridized carbons (Fsp3) is 0.833. The van der Waals surface area contributed by atoms with Crippen LogP contribution < -0.4 is 0 Å². The Morgan fingerprint density at radius 3 is 2.80 bits per heavy atom. The lowest BCUT2D eigenvalue weighted by Crippen LogP contribution is -2.02. The SMILES string of the molecule is O=CCCCC(=O)CCCC1CCOC1. The summed E-state index contributed by atoms with van der Waals surface area (Å²) >= 11 is 0. The van der Waals surface area contributed by atoms with E-state index in [2.05, 4.69) is 0 Å². The lowest BCUT2D eigenvalue weighted by atomic mass is 9.99. The molecule has 1 fully saturated rings. The van der Waals surface area contributed by atoms with Crippen LogP contribution in [0, 0.1) is 5.92 Å². The maximum Gasteiger partial charge on any atom is 0.132 e. The first-order valence-corrected chi connectivity index (χ1v) is 5.86. The minimum absolute atomic E-state index is 0.302. The van der Waals surface area contributed by atoms with Gasteiger partial charge in [0.25, 0.3) is 0 Å². The van der Waals surface area contributed by atoms with Gasteiger partial charge in [-0.3, -0.25) is 4.79 Å². The average Bonchev–Trinajstić information content (AvgIpc) is 2.71. The number of hydrogen-bond acceptors (Lipinski definition) is 3. The molecule has 0 radical (unpaired) electrons. The second-order valence-electron chi connectivity index (χ2n) is 4.22. The summed E-state index contributed by atoms with van der Waals surface area (Å²) in [5, 5.41) is 0. The Morgan fingerprint density at radius 1 is 1.33 bits per heavy atom. The van der Waals surface area contributed by atoms with Crippen molar-refractivity contribution in [1.29, 1.82) is 0 Å². The highest BCUT2D eigenvalue weighted by Crippen LogP contribution is 2.19. The van der Waals surface area contributed by atoms with Crippen molar-refractivity contribution in [3.8, 4) is 0 Å².